The van der Waals surface area contributed by atoms with Crippen LogP contribution in [0, 0.1) is 21.4 Å². The van der Waals surface area contributed by atoms with Crippen molar-refractivity contribution in [1.82, 2.24) is 5.06 Å². The van der Waals surface area contributed by atoms with Gasteiger partial charge in [-0.3, -0.25) is 0 Å². The van der Waals surface area contributed by atoms with Crippen molar-refractivity contribution in [2.75, 3.05) is 13.2 Å². The fourth-order valence-electron chi connectivity index (χ4n) is 2.17. The van der Waals surface area contributed by atoms with Crippen molar-refractivity contribution < 1.29 is 19.6 Å². The van der Waals surface area contributed by atoms with Gasteiger partial charge in [0.2, 0.25) is 0 Å². The minimum atomic E-state index is -0.757. The predicted octanol–water partition coefficient (Wildman–Crippen LogP) is 2.58. The van der Waals surface area contributed by atoms with Gasteiger partial charge in [-0.1, -0.05) is 0 Å². The molecule has 122 valence electrons. The van der Waals surface area contributed by atoms with Gasteiger partial charge in [-0.25, -0.2) is 4.79 Å². The monoisotopic (exact) mass is 302 g/mol. The van der Waals surface area contributed by atoms with Crippen LogP contribution in [-0.2, 0) is 14.5 Å². The zero-order valence-corrected chi connectivity index (χ0v) is 13.5. The molecule has 1 fully saturated rings. The number of carbonyl (C=O) groups is 1. The lowest BCUT2D eigenvalue weighted by Crippen LogP contribution is -2.46. The molecule has 0 bridgehead atoms. The highest BCUT2D eigenvalue weighted by atomic mass is 16.9. The van der Waals surface area contributed by atoms with Crippen LogP contribution in [-0.4, -0.2) is 34.8 Å². The van der Waals surface area contributed by atoms with E-state index in [1.807, 2.05) is 34.6 Å². The van der Waals surface area contributed by atoms with Crippen LogP contribution in [0.5, 0.6) is 0 Å². The zero-order valence-electron chi connectivity index (χ0n) is 13.5. The third kappa shape index (κ3) is 5.49. The van der Waals surface area contributed by atoms with Crippen LogP contribution in [0.25, 0.3) is 0 Å². The average Bonchev–Trinajstić information content (AvgIpc) is 2.46. The molecule has 0 radical (unpaired) electrons. The van der Waals surface area contributed by atoms with Crippen molar-refractivity contribution in [3.05, 3.63) is 10.1 Å². The smallest absolute Gasteiger partial charge is 0.330 e. The first-order chi connectivity index (χ1) is 9.52. The van der Waals surface area contributed by atoms with Gasteiger partial charge < -0.3 is 9.68 Å². The number of hydroxylamine groups is 2. The van der Waals surface area contributed by atoms with Crippen LogP contribution in [0.2, 0.25) is 0 Å². The third-order valence-electron chi connectivity index (χ3n) is 3.80. The summed E-state index contributed by atoms with van der Waals surface area (Å²) < 4.78 is 0. The van der Waals surface area contributed by atoms with E-state index in [0.29, 0.717) is 13.0 Å². The summed E-state index contributed by atoms with van der Waals surface area (Å²) in [6, 6.07) is 0. The van der Waals surface area contributed by atoms with Gasteiger partial charge >= 0.3 is 5.97 Å². The first-order valence-electron chi connectivity index (χ1n) is 7.30. The fourth-order valence-corrected chi connectivity index (χ4v) is 2.17. The Morgan fingerprint density at radius 2 is 2.00 bits per heavy atom. The van der Waals surface area contributed by atoms with E-state index in [0.717, 1.165) is 12.8 Å². The summed E-state index contributed by atoms with van der Waals surface area (Å²) in [5.74, 6) is -0.163. The van der Waals surface area contributed by atoms with Crippen molar-refractivity contribution in [1.29, 1.82) is 0 Å². The Hall–Kier alpha value is -1.37. The fraction of sp³-hybridized carbons (Fsp3) is 0.929. The van der Waals surface area contributed by atoms with Crippen molar-refractivity contribution in [3.8, 4) is 0 Å². The topological polar surface area (TPSA) is 81.9 Å². The molecule has 0 N–H and O–H groups in total. The Bertz CT molecular complexity index is 389. The summed E-state index contributed by atoms with van der Waals surface area (Å²) in [5, 5.41) is 11.2. The lowest BCUT2D eigenvalue weighted by atomic mass is 9.94. The quantitative estimate of drug-likeness (QED) is 0.586. The normalized spacial score (nSPS) is 23.2. The third-order valence-corrected chi connectivity index (χ3v) is 3.80. The minimum absolute atomic E-state index is 0.101. The minimum Gasteiger partial charge on any atom is -0.367 e. The lowest BCUT2D eigenvalue weighted by Gasteiger charge is -2.36. The first kappa shape index (κ1) is 17.7. The van der Waals surface area contributed by atoms with Gasteiger partial charge in [0.05, 0.1) is 17.6 Å². The van der Waals surface area contributed by atoms with E-state index in [1.54, 1.807) is 5.06 Å². The van der Waals surface area contributed by atoms with Gasteiger partial charge in [-0.05, 0) is 59.8 Å². The molecule has 0 amide bonds. The molecule has 0 aromatic carbocycles. The summed E-state index contributed by atoms with van der Waals surface area (Å²) in [6.07, 6.45) is 2.30. The Morgan fingerprint density at radius 1 is 1.38 bits per heavy atom. The molecule has 1 rings (SSSR count). The molecule has 0 aromatic rings. The molecule has 7 nitrogen and oxygen atoms in total. The molecule has 0 spiro atoms. The Labute approximate surface area is 125 Å². The van der Waals surface area contributed by atoms with Crippen LogP contribution in [0.4, 0.5) is 0 Å². The van der Waals surface area contributed by atoms with Crippen LogP contribution in [0.3, 0.4) is 0 Å². The van der Waals surface area contributed by atoms with Gasteiger partial charge in [0.25, 0.3) is 5.09 Å². The summed E-state index contributed by atoms with van der Waals surface area (Å²) in [5.41, 5.74) is -0.846. The largest absolute Gasteiger partial charge is 0.367 e. The highest BCUT2D eigenvalue weighted by Gasteiger charge is 2.36. The second kappa shape index (κ2) is 6.60. The number of hydrogen-bond donors (Lipinski definition) is 0. The van der Waals surface area contributed by atoms with Gasteiger partial charge in [0.15, 0.2) is 0 Å². The van der Waals surface area contributed by atoms with Gasteiger partial charge in [0, 0.05) is 6.54 Å². The summed E-state index contributed by atoms with van der Waals surface area (Å²) in [7, 11) is 0. The number of hydrogen-bond acceptors (Lipinski definition) is 6. The predicted molar refractivity (Wildman–Crippen MR) is 76.6 cm³/mol. The molecule has 21 heavy (non-hydrogen) atoms. The molecular weight excluding hydrogens is 276 g/mol. The molecule has 1 heterocycles. The Kier molecular flexibility index (Phi) is 5.55. The van der Waals surface area contributed by atoms with Gasteiger partial charge in [-0.2, -0.15) is 0 Å². The molecule has 1 saturated heterocycles. The SMILES string of the molecule is CC(C)(C)C(=O)ON1CCC(CO[N+](=O)[O-])CCC1(C)C. The summed E-state index contributed by atoms with van der Waals surface area (Å²) >= 11 is 0. The molecule has 1 atom stereocenters. The number of nitrogens with zero attached hydrogens (tertiary/aromatic N) is 2. The van der Waals surface area contributed by atoms with Gasteiger partial charge in [-0.15, -0.1) is 15.2 Å². The molecule has 0 aliphatic carbocycles. The van der Waals surface area contributed by atoms with Crippen LogP contribution >= 0.6 is 0 Å². The van der Waals surface area contributed by atoms with E-state index < -0.39 is 10.5 Å². The number of carbonyl (C=O) groups excluding carboxylic acids is 1. The van der Waals surface area contributed by atoms with E-state index in [4.69, 9.17) is 4.84 Å². The summed E-state index contributed by atoms with van der Waals surface area (Å²) in [6.45, 7) is 10.1. The molecule has 0 aromatic heterocycles. The van der Waals surface area contributed by atoms with Crippen molar-refractivity contribution >= 4 is 5.97 Å². The highest BCUT2D eigenvalue weighted by molar-refractivity contribution is 5.75. The van der Waals surface area contributed by atoms with Crippen molar-refractivity contribution in [2.24, 2.45) is 11.3 Å². The maximum Gasteiger partial charge on any atom is 0.330 e. The molecular formula is C14H26N2O5. The van der Waals surface area contributed by atoms with Gasteiger partial charge in [0.1, 0.15) is 0 Å². The first-order valence-corrected chi connectivity index (χ1v) is 7.30. The highest BCUT2D eigenvalue weighted by Crippen LogP contribution is 2.31. The second-order valence-corrected chi connectivity index (χ2v) is 7.26. The van der Waals surface area contributed by atoms with E-state index in [2.05, 4.69) is 4.84 Å². The molecule has 1 aliphatic heterocycles. The maximum absolute atomic E-state index is 12.1. The van der Waals surface area contributed by atoms with Crippen molar-refractivity contribution in [2.45, 2.75) is 59.4 Å². The van der Waals surface area contributed by atoms with Crippen LogP contribution in [0.1, 0.15) is 53.9 Å². The molecule has 1 unspecified atom stereocenters. The standard InChI is InChI=1S/C14H26N2O5/c1-13(2,3)12(17)21-15-9-7-11(10-20-16(18)19)6-8-14(15,4)5/h11H,6-10H2,1-5H3. The number of rotatable bonds is 4. The molecule has 1 aliphatic rings. The molecule has 0 saturated carbocycles. The van der Waals surface area contributed by atoms with Crippen molar-refractivity contribution in [3.63, 3.8) is 0 Å². The van der Waals surface area contributed by atoms with E-state index in [-0.39, 0.29) is 24.0 Å². The van der Waals surface area contributed by atoms with E-state index >= 15 is 0 Å². The van der Waals surface area contributed by atoms with Crippen LogP contribution < -0.4 is 0 Å². The van der Waals surface area contributed by atoms with Crippen LogP contribution in [0.15, 0.2) is 0 Å². The van der Waals surface area contributed by atoms with E-state index in [9.17, 15) is 14.9 Å². The Morgan fingerprint density at radius 3 is 2.52 bits per heavy atom. The zero-order chi connectivity index (χ0) is 16.3. The summed E-state index contributed by atoms with van der Waals surface area (Å²) in [4.78, 5) is 32.3. The van der Waals surface area contributed by atoms with E-state index in [1.165, 1.54) is 0 Å². The Balaban J connectivity index is 2.65. The molecule has 7 heteroatoms. The lowest BCUT2D eigenvalue weighted by molar-refractivity contribution is -0.759. The average molecular weight is 302 g/mol. The second-order valence-electron chi connectivity index (χ2n) is 7.26. The maximum atomic E-state index is 12.1.